The Labute approximate surface area is 160 Å². The number of nitrogens with zero attached hydrogens (tertiary/aromatic N) is 2. The second-order valence-corrected chi connectivity index (χ2v) is 6.48. The van der Waals surface area contributed by atoms with Gasteiger partial charge in [-0.05, 0) is 41.3 Å². The van der Waals surface area contributed by atoms with Crippen LogP contribution in [0.5, 0.6) is 11.5 Å². The summed E-state index contributed by atoms with van der Waals surface area (Å²) in [7, 11) is 1.57. The minimum absolute atomic E-state index is 0.0869. The minimum Gasteiger partial charge on any atom is -0.508 e. The van der Waals surface area contributed by atoms with Gasteiger partial charge in [-0.25, -0.2) is 4.98 Å². The van der Waals surface area contributed by atoms with E-state index in [2.05, 4.69) is 9.97 Å². The van der Waals surface area contributed by atoms with Gasteiger partial charge in [0.1, 0.15) is 17.3 Å². The first-order valence-corrected chi connectivity index (χ1v) is 8.75. The van der Waals surface area contributed by atoms with E-state index in [1.165, 1.54) is 6.07 Å². The summed E-state index contributed by atoms with van der Waals surface area (Å²) in [5.41, 5.74) is 1.39. The number of phenolic OH excluding ortho intramolecular Hbond substituents is 1. The maximum Gasteiger partial charge on any atom is 0.259 e. The number of hydrogen-bond donors (Lipinski definition) is 3. The van der Waals surface area contributed by atoms with Gasteiger partial charge in [0.25, 0.3) is 5.56 Å². The van der Waals surface area contributed by atoms with E-state index in [0.29, 0.717) is 28.2 Å². The topological polar surface area (TPSA) is 100 Å². The van der Waals surface area contributed by atoms with Crippen LogP contribution in [0.25, 0.3) is 22.3 Å². The lowest BCUT2D eigenvalue weighted by Crippen LogP contribution is -2.14. The van der Waals surface area contributed by atoms with E-state index in [9.17, 15) is 15.0 Å². The Morgan fingerprint density at radius 3 is 2.86 bits per heavy atom. The monoisotopic (exact) mass is 377 g/mol. The van der Waals surface area contributed by atoms with E-state index >= 15 is 0 Å². The molecule has 2 aromatic carbocycles. The van der Waals surface area contributed by atoms with Crippen LogP contribution in [-0.4, -0.2) is 31.9 Å². The molecule has 2 aromatic heterocycles. The number of benzene rings is 2. The first-order chi connectivity index (χ1) is 13.5. The number of pyridine rings is 1. The number of H-pyrrole nitrogens is 1. The number of aromatic amines is 1. The Kier molecular flexibility index (Phi) is 4.58. The lowest BCUT2D eigenvalue weighted by Gasteiger charge is -2.14. The predicted octanol–water partition coefficient (Wildman–Crippen LogP) is 2.84. The largest absolute Gasteiger partial charge is 0.508 e. The number of rotatable bonds is 5. The molecule has 0 amide bonds. The molecule has 1 atom stereocenters. The molecule has 0 aliphatic heterocycles. The summed E-state index contributed by atoms with van der Waals surface area (Å²) in [5, 5.41) is 21.0. The van der Waals surface area contributed by atoms with E-state index in [1.54, 1.807) is 54.4 Å². The number of ether oxygens (including phenoxy) is 1. The van der Waals surface area contributed by atoms with Gasteiger partial charge in [-0.3, -0.25) is 4.79 Å². The molecule has 7 heteroatoms. The van der Waals surface area contributed by atoms with Crippen molar-refractivity contribution in [1.29, 1.82) is 0 Å². The molecule has 0 aliphatic rings. The van der Waals surface area contributed by atoms with Gasteiger partial charge in [0.05, 0.1) is 30.8 Å². The van der Waals surface area contributed by atoms with Crippen LogP contribution in [0.3, 0.4) is 0 Å². The van der Waals surface area contributed by atoms with Crippen LogP contribution in [0.4, 0.5) is 0 Å². The number of methoxy groups -OCH3 is 1. The fourth-order valence-electron chi connectivity index (χ4n) is 3.20. The lowest BCUT2D eigenvalue weighted by molar-refractivity contribution is 0.156. The molecule has 142 valence electrons. The van der Waals surface area contributed by atoms with Crippen molar-refractivity contribution in [3.05, 3.63) is 76.8 Å². The number of hydrogen-bond acceptors (Lipinski definition) is 5. The van der Waals surface area contributed by atoms with Crippen molar-refractivity contribution in [1.82, 2.24) is 14.5 Å². The number of nitrogens with one attached hydrogen (secondary N) is 1. The number of imidazole rings is 1. The molecule has 7 nitrogen and oxygen atoms in total. The quantitative estimate of drug-likeness (QED) is 0.497. The fourth-order valence-corrected chi connectivity index (χ4v) is 3.20. The Bertz CT molecular complexity index is 1200. The molecule has 0 fully saturated rings. The highest BCUT2D eigenvalue weighted by molar-refractivity contribution is 5.83. The van der Waals surface area contributed by atoms with Gasteiger partial charge < -0.3 is 24.5 Å². The average molecular weight is 377 g/mol. The fraction of sp³-hybridized carbons (Fsp3) is 0.143. The summed E-state index contributed by atoms with van der Waals surface area (Å²) < 4.78 is 6.91. The zero-order chi connectivity index (χ0) is 19.7. The molecule has 0 spiro atoms. The molecule has 0 aliphatic carbocycles. The zero-order valence-electron chi connectivity index (χ0n) is 15.2. The third-order valence-electron chi connectivity index (χ3n) is 4.63. The summed E-state index contributed by atoms with van der Waals surface area (Å²) in [6, 6.07) is 13.7. The minimum atomic E-state index is -0.858. The van der Waals surface area contributed by atoms with Gasteiger partial charge in [-0.15, -0.1) is 0 Å². The molecule has 0 saturated carbocycles. The van der Waals surface area contributed by atoms with Crippen LogP contribution < -0.4 is 10.3 Å². The molecule has 4 aromatic rings. The highest BCUT2D eigenvalue weighted by atomic mass is 16.5. The van der Waals surface area contributed by atoms with Crippen LogP contribution in [0.2, 0.25) is 0 Å². The van der Waals surface area contributed by atoms with Gasteiger partial charge in [0.15, 0.2) is 0 Å². The zero-order valence-corrected chi connectivity index (χ0v) is 15.2. The van der Waals surface area contributed by atoms with E-state index in [0.717, 1.165) is 5.39 Å². The third kappa shape index (κ3) is 3.35. The SMILES string of the molecule is COc1ccc2cc(-c3nccn3CC(O)c3cccc(O)c3)c(=O)[nH]c2c1. The first-order valence-electron chi connectivity index (χ1n) is 8.75. The lowest BCUT2D eigenvalue weighted by atomic mass is 10.1. The number of aliphatic hydroxyl groups is 1. The molecule has 3 N–H and O–H groups in total. The summed E-state index contributed by atoms with van der Waals surface area (Å²) in [4.78, 5) is 19.8. The molecule has 2 heterocycles. The highest BCUT2D eigenvalue weighted by Gasteiger charge is 2.16. The third-order valence-corrected chi connectivity index (χ3v) is 4.63. The van der Waals surface area contributed by atoms with Crippen molar-refractivity contribution < 1.29 is 14.9 Å². The van der Waals surface area contributed by atoms with E-state index in [-0.39, 0.29) is 17.9 Å². The Balaban J connectivity index is 1.70. The summed E-state index contributed by atoms with van der Waals surface area (Å²) in [6.07, 6.45) is 2.44. The van der Waals surface area contributed by atoms with E-state index < -0.39 is 6.10 Å². The highest BCUT2D eigenvalue weighted by Crippen LogP contribution is 2.24. The number of phenols is 1. The predicted molar refractivity (Wildman–Crippen MR) is 105 cm³/mol. The summed E-state index contributed by atoms with van der Waals surface area (Å²) in [6.45, 7) is 0.193. The molecule has 0 bridgehead atoms. The molecular formula is C21H19N3O4. The van der Waals surface area contributed by atoms with Crippen LogP contribution in [0, 0.1) is 0 Å². The van der Waals surface area contributed by atoms with Crippen LogP contribution in [-0.2, 0) is 6.54 Å². The average Bonchev–Trinajstić information content (AvgIpc) is 3.14. The number of aromatic nitrogens is 3. The van der Waals surface area contributed by atoms with Crippen molar-refractivity contribution in [2.45, 2.75) is 12.6 Å². The number of fused-ring (bicyclic) bond motifs is 1. The molecular weight excluding hydrogens is 358 g/mol. The van der Waals surface area contributed by atoms with Crippen LogP contribution in [0.15, 0.2) is 65.7 Å². The number of aliphatic hydroxyl groups excluding tert-OH is 1. The van der Waals surface area contributed by atoms with Gasteiger partial charge in [-0.1, -0.05) is 12.1 Å². The molecule has 4 rings (SSSR count). The van der Waals surface area contributed by atoms with Crippen LogP contribution >= 0.6 is 0 Å². The van der Waals surface area contributed by atoms with Crippen LogP contribution in [0.1, 0.15) is 11.7 Å². The molecule has 0 saturated heterocycles. The maximum atomic E-state index is 12.6. The molecule has 0 radical (unpaired) electrons. The first kappa shape index (κ1) is 17.8. The van der Waals surface area contributed by atoms with Gasteiger partial charge in [-0.2, -0.15) is 0 Å². The van der Waals surface area contributed by atoms with Gasteiger partial charge in [0, 0.05) is 18.5 Å². The molecule has 1 unspecified atom stereocenters. The molecule has 28 heavy (non-hydrogen) atoms. The standard InChI is InChI=1S/C21H19N3O4/c1-28-16-6-5-13-10-17(21(27)23-18(13)11-16)20-22-7-8-24(20)12-19(26)14-3-2-4-15(25)9-14/h2-11,19,25-26H,12H2,1H3,(H,23,27). The van der Waals surface area contributed by atoms with E-state index in [4.69, 9.17) is 4.74 Å². The van der Waals surface area contributed by atoms with Gasteiger partial charge in [0.2, 0.25) is 0 Å². The second-order valence-electron chi connectivity index (χ2n) is 6.48. The van der Waals surface area contributed by atoms with Crippen molar-refractivity contribution in [2.24, 2.45) is 0 Å². The smallest absolute Gasteiger partial charge is 0.259 e. The Morgan fingerprint density at radius 1 is 1.21 bits per heavy atom. The number of aromatic hydroxyl groups is 1. The Hall–Kier alpha value is -3.58. The maximum absolute atomic E-state index is 12.6. The summed E-state index contributed by atoms with van der Waals surface area (Å²) in [5.74, 6) is 1.20. The van der Waals surface area contributed by atoms with Gasteiger partial charge >= 0.3 is 0 Å². The summed E-state index contributed by atoms with van der Waals surface area (Å²) >= 11 is 0. The van der Waals surface area contributed by atoms with Crippen molar-refractivity contribution >= 4 is 10.9 Å². The normalized spacial score (nSPS) is 12.2. The van der Waals surface area contributed by atoms with Crippen molar-refractivity contribution in [3.8, 4) is 22.9 Å². The second kappa shape index (κ2) is 7.21. The van der Waals surface area contributed by atoms with Crippen molar-refractivity contribution in [3.63, 3.8) is 0 Å². The van der Waals surface area contributed by atoms with Crippen molar-refractivity contribution in [2.75, 3.05) is 7.11 Å². The Morgan fingerprint density at radius 2 is 2.07 bits per heavy atom. The van der Waals surface area contributed by atoms with E-state index in [1.807, 2.05) is 12.1 Å².